The van der Waals surface area contributed by atoms with Crippen molar-refractivity contribution < 1.29 is 23.2 Å². The Morgan fingerprint density at radius 1 is 1.19 bits per heavy atom. The Hall–Kier alpha value is -3.31. The summed E-state index contributed by atoms with van der Waals surface area (Å²) in [6, 6.07) is 9.18. The van der Waals surface area contributed by atoms with Crippen molar-refractivity contribution in [2.24, 2.45) is 5.10 Å². The molecule has 2 aromatic carbocycles. The SMILES string of the molecule is CC(NS(=O)(=O)c1ccc([N+](=O)[O-])cc1)C(=O)N/N=C/c1ccc(O)cc1. The van der Waals surface area contributed by atoms with Crippen LogP contribution in [0.2, 0.25) is 0 Å². The lowest BCUT2D eigenvalue weighted by molar-refractivity contribution is -0.384. The minimum Gasteiger partial charge on any atom is -0.508 e. The highest BCUT2D eigenvalue weighted by Gasteiger charge is 2.22. The van der Waals surface area contributed by atoms with Crippen LogP contribution in [-0.4, -0.2) is 36.6 Å². The van der Waals surface area contributed by atoms with Crippen LogP contribution in [0.5, 0.6) is 5.75 Å². The molecule has 0 radical (unpaired) electrons. The van der Waals surface area contributed by atoms with E-state index in [1.807, 2.05) is 0 Å². The molecule has 2 aromatic rings. The number of nitro groups is 1. The normalized spacial score (nSPS) is 12.6. The molecule has 0 saturated heterocycles. The van der Waals surface area contributed by atoms with Crippen molar-refractivity contribution in [3.8, 4) is 5.75 Å². The number of carbonyl (C=O) groups is 1. The first-order valence-electron chi connectivity index (χ1n) is 7.58. The Balaban J connectivity index is 1.97. The molecule has 27 heavy (non-hydrogen) atoms. The monoisotopic (exact) mass is 392 g/mol. The van der Waals surface area contributed by atoms with Gasteiger partial charge >= 0.3 is 0 Å². The number of nitro benzene ring substituents is 1. The fourth-order valence-corrected chi connectivity index (χ4v) is 3.13. The molecule has 11 heteroatoms. The highest BCUT2D eigenvalue weighted by molar-refractivity contribution is 7.89. The predicted molar refractivity (Wildman–Crippen MR) is 96.7 cm³/mol. The van der Waals surface area contributed by atoms with Gasteiger partial charge in [-0.1, -0.05) is 0 Å². The molecule has 10 nitrogen and oxygen atoms in total. The van der Waals surface area contributed by atoms with E-state index in [0.29, 0.717) is 5.56 Å². The van der Waals surface area contributed by atoms with E-state index in [-0.39, 0.29) is 16.3 Å². The summed E-state index contributed by atoms with van der Waals surface area (Å²) in [7, 11) is -4.04. The third kappa shape index (κ3) is 5.59. The van der Waals surface area contributed by atoms with E-state index >= 15 is 0 Å². The number of nitrogens with zero attached hydrogens (tertiary/aromatic N) is 2. The first-order valence-corrected chi connectivity index (χ1v) is 9.06. The number of nitrogens with one attached hydrogen (secondary N) is 2. The highest BCUT2D eigenvalue weighted by atomic mass is 32.2. The van der Waals surface area contributed by atoms with Crippen LogP contribution in [0.25, 0.3) is 0 Å². The summed E-state index contributed by atoms with van der Waals surface area (Å²) >= 11 is 0. The standard InChI is InChI=1S/C16H16N4O6S/c1-11(16(22)18-17-10-12-2-6-14(21)7-3-12)19-27(25,26)15-8-4-13(5-9-15)20(23)24/h2-11,19,21H,1H3,(H,18,22)/b17-10+. The zero-order valence-corrected chi connectivity index (χ0v) is 14.9. The number of hydrogen-bond acceptors (Lipinski definition) is 7. The van der Waals surface area contributed by atoms with Crippen molar-refractivity contribution in [2.45, 2.75) is 17.9 Å². The molecule has 1 amide bonds. The summed E-state index contributed by atoms with van der Waals surface area (Å²) in [6.45, 7) is 1.33. The largest absolute Gasteiger partial charge is 0.508 e. The number of phenols is 1. The second kappa shape index (κ2) is 8.38. The van der Waals surface area contributed by atoms with Gasteiger partial charge in [0, 0.05) is 12.1 Å². The summed E-state index contributed by atoms with van der Waals surface area (Å²) in [6.07, 6.45) is 1.33. The van der Waals surface area contributed by atoms with E-state index < -0.39 is 26.9 Å². The van der Waals surface area contributed by atoms with Gasteiger partial charge < -0.3 is 5.11 Å². The fourth-order valence-electron chi connectivity index (χ4n) is 1.93. The van der Waals surface area contributed by atoms with E-state index in [1.54, 1.807) is 12.1 Å². The molecule has 0 aliphatic carbocycles. The number of aromatic hydroxyl groups is 1. The maximum Gasteiger partial charge on any atom is 0.269 e. The van der Waals surface area contributed by atoms with Crippen molar-refractivity contribution >= 4 is 27.8 Å². The molecule has 3 N–H and O–H groups in total. The molecule has 0 fully saturated rings. The molecule has 0 spiro atoms. The van der Waals surface area contributed by atoms with Gasteiger partial charge in [-0.05, 0) is 48.9 Å². The number of hydrazone groups is 1. The molecule has 1 atom stereocenters. The van der Waals surface area contributed by atoms with E-state index in [9.17, 15) is 28.4 Å². The maximum absolute atomic E-state index is 12.2. The van der Waals surface area contributed by atoms with Crippen LogP contribution in [0.1, 0.15) is 12.5 Å². The van der Waals surface area contributed by atoms with Gasteiger partial charge in [0.2, 0.25) is 10.0 Å². The number of sulfonamides is 1. The number of phenolic OH excluding ortho intramolecular Hbond substituents is 1. The maximum atomic E-state index is 12.2. The summed E-state index contributed by atoms with van der Waals surface area (Å²) in [5, 5.41) is 23.5. The lowest BCUT2D eigenvalue weighted by Crippen LogP contribution is -2.43. The Morgan fingerprint density at radius 3 is 2.33 bits per heavy atom. The third-order valence-electron chi connectivity index (χ3n) is 3.36. The van der Waals surface area contributed by atoms with Crippen LogP contribution in [-0.2, 0) is 14.8 Å². The first-order chi connectivity index (χ1) is 12.7. The summed E-state index contributed by atoms with van der Waals surface area (Å²) < 4.78 is 26.6. The molecule has 0 aliphatic heterocycles. The van der Waals surface area contributed by atoms with Crippen LogP contribution in [0.3, 0.4) is 0 Å². The van der Waals surface area contributed by atoms with Gasteiger partial charge in [0.05, 0.1) is 22.1 Å². The van der Waals surface area contributed by atoms with Gasteiger partial charge in [0.25, 0.3) is 11.6 Å². The second-order valence-corrected chi connectivity index (χ2v) is 7.13. The van der Waals surface area contributed by atoms with Crippen LogP contribution in [0.15, 0.2) is 58.5 Å². The summed E-state index contributed by atoms with van der Waals surface area (Å²) in [5.74, 6) is -0.610. The number of carbonyl (C=O) groups excluding carboxylic acids is 1. The van der Waals surface area contributed by atoms with Crippen molar-refractivity contribution in [1.82, 2.24) is 10.1 Å². The Morgan fingerprint density at radius 2 is 1.78 bits per heavy atom. The molecular weight excluding hydrogens is 376 g/mol. The topological polar surface area (TPSA) is 151 Å². The average Bonchev–Trinajstić information content (AvgIpc) is 2.63. The van der Waals surface area contributed by atoms with Gasteiger partial charge in [0.15, 0.2) is 0 Å². The highest BCUT2D eigenvalue weighted by Crippen LogP contribution is 2.16. The first kappa shape index (κ1) is 20.0. The van der Waals surface area contributed by atoms with E-state index in [0.717, 1.165) is 24.3 Å². The molecule has 0 saturated carbocycles. The van der Waals surface area contributed by atoms with Crippen molar-refractivity contribution in [3.63, 3.8) is 0 Å². The Bertz CT molecular complexity index is 955. The molecular formula is C16H16N4O6S. The molecule has 0 bridgehead atoms. The van der Waals surface area contributed by atoms with Gasteiger partial charge in [-0.3, -0.25) is 14.9 Å². The van der Waals surface area contributed by atoms with Crippen LogP contribution < -0.4 is 10.1 Å². The summed E-state index contributed by atoms with van der Waals surface area (Å²) in [4.78, 5) is 21.7. The van der Waals surface area contributed by atoms with E-state index in [1.165, 1.54) is 25.3 Å². The number of rotatable bonds is 7. The van der Waals surface area contributed by atoms with Crippen molar-refractivity contribution in [2.75, 3.05) is 0 Å². The lowest BCUT2D eigenvalue weighted by Gasteiger charge is -2.12. The van der Waals surface area contributed by atoms with E-state index in [4.69, 9.17) is 0 Å². The van der Waals surface area contributed by atoms with Gasteiger partial charge in [-0.15, -0.1) is 0 Å². The van der Waals surface area contributed by atoms with Gasteiger partial charge in [0.1, 0.15) is 5.75 Å². The number of benzene rings is 2. The minimum atomic E-state index is -4.04. The molecule has 0 aliphatic rings. The second-order valence-electron chi connectivity index (χ2n) is 5.42. The number of non-ortho nitro benzene ring substituents is 1. The van der Waals surface area contributed by atoms with Crippen molar-refractivity contribution in [1.29, 1.82) is 0 Å². The predicted octanol–water partition coefficient (Wildman–Crippen LogP) is 1.12. The third-order valence-corrected chi connectivity index (χ3v) is 4.92. The van der Waals surface area contributed by atoms with Crippen LogP contribution >= 0.6 is 0 Å². The molecule has 2 rings (SSSR count). The number of hydrogen-bond donors (Lipinski definition) is 3. The minimum absolute atomic E-state index is 0.0884. The lowest BCUT2D eigenvalue weighted by atomic mass is 10.2. The van der Waals surface area contributed by atoms with E-state index in [2.05, 4.69) is 15.2 Å². The zero-order valence-electron chi connectivity index (χ0n) is 14.1. The molecule has 1 unspecified atom stereocenters. The quantitative estimate of drug-likeness (QED) is 0.365. The summed E-state index contributed by atoms with van der Waals surface area (Å²) in [5.41, 5.74) is 2.57. The van der Waals surface area contributed by atoms with Crippen LogP contribution in [0, 0.1) is 10.1 Å². The average molecular weight is 392 g/mol. The molecule has 0 heterocycles. The fraction of sp³-hybridized carbons (Fsp3) is 0.125. The molecule has 0 aromatic heterocycles. The van der Waals surface area contributed by atoms with Gasteiger partial charge in [-0.25, -0.2) is 13.8 Å². The smallest absolute Gasteiger partial charge is 0.269 e. The number of amides is 1. The van der Waals surface area contributed by atoms with Crippen molar-refractivity contribution in [3.05, 3.63) is 64.2 Å². The Labute approximate surface area is 154 Å². The van der Waals surface area contributed by atoms with Gasteiger partial charge in [-0.2, -0.15) is 9.82 Å². The Kier molecular flexibility index (Phi) is 6.21. The van der Waals surface area contributed by atoms with Crippen LogP contribution in [0.4, 0.5) is 5.69 Å². The molecule has 142 valence electrons. The zero-order chi connectivity index (χ0) is 20.0.